The summed E-state index contributed by atoms with van der Waals surface area (Å²) in [5.74, 6) is 0.458. The number of nitrogens with two attached hydrogens (primary N) is 1. The van der Waals surface area contributed by atoms with Gasteiger partial charge in [0.25, 0.3) is 0 Å². The van der Waals surface area contributed by atoms with Gasteiger partial charge in [-0.3, -0.25) is 5.32 Å². The van der Waals surface area contributed by atoms with E-state index < -0.39 is 0 Å². The summed E-state index contributed by atoms with van der Waals surface area (Å²) in [5, 5.41) is 3.25. The Morgan fingerprint density at radius 2 is 2.50 bits per heavy atom. The molecule has 1 saturated heterocycles. The predicted molar refractivity (Wildman–Crippen MR) is 64.2 cm³/mol. The number of nitrogens with one attached hydrogen (secondary N) is 1. The topological polar surface area (TPSA) is 82.8 Å². The Labute approximate surface area is 106 Å². The van der Waals surface area contributed by atoms with Crippen LogP contribution in [-0.4, -0.2) is 38.1 Å². The molecule has 0 spiro atoms. The minimum atomic E-state index is -0.367. The van der Waals surface area contributed by atoms with E-state index in [0.29, 0.717) is 18.9 Å². The molecule has 0 amide bonds. The Morgan fingerprint density at radius 3 is 3.28 bits per heavy atom. The van der Waals surface area contributed by atoms with E-state index in [1.54, 1.807) is 6.92 Å². The second kappa shape index (κ2) is 5.88. The quantitative estimate of drug-likeness (QED) is 0.688. The fourth-order valence-corrected chi connectivity index (χ4v) is 1.90. The Kier molecular flexibility index (Phi) is 4.22. The van der Waals surface area contributed by atoms with Crippen LogP contribution in [0.15, 0.2) is 23.6 Å². The maximum Gasteiger partial charge on any atom is 0.332 e. The van der Waals surface area contributed by atoms with E-state index >= 15 is 0 Å². The van der Waals surface area contributed by atoms with Gasteiger partial charge in [-0.05, 0) is 13.3 Å². The molecule has 2 atom stereocenters. The molecule has 6 nitrogen and oxygen atoms in total. The van der Waals surface area contributed by atoms with Crippen LogP contribution in [0.5, 0.6) is 0 Å². The first kappa shape index (κ1) is 12.9. The molecule has 0 aromatic heterocycles. The molecule has 0 radical (unpaired) electrons. The molecule has 2 rings (SSSR count). The van der Waals surface area contributed by atoms with Crippen molar-refractivity contribution in [2.75, 3.05) is 19.8 Å². The first-order valence-electron chi connectivity index (χ1n) is 6.02. The summed E-state index contributed by atoms with van der Waals surface area (Å²) in [7, 11) is 0. The first-order chi connectivity index (χ1) is 8.69. The number of carbonyl (C=O) groups is 1. The third-order valence-corrected chi connectivity index (χ3v) is 2.74. The number of esters is 1. The fraction of sp³-hybridized carbons (Fsp3) is 0.583. The highest BCUT2D eigenvalue weighted by atomic mass is 16.6. The lowest BCUT2D eigenvalue weighted by molar-refractivity contribution is -0.154. The Bertz CT molecular complexity index is 378. The number of allylic oxidation sites excluding steroid dienone is 1. The number of ether oxygens (including phenoxy) is 3. The number of fused-ring (bicyclic) bond motifs is 1. The third-order valence-electron chi connectivity index (χ3n) is 2.74. The maximum atomic E-state index is 11.2. The van der Waals surface area contributed by atoms with Crippen LogP contribution < -0.4 is 11.1 Å². The number of hydrogen-bond donors (Lipinski definition) is 2. The van der Waals surface area contributed by atoms with E-state index in [9.17, 15) is 4.79 Å². The van der Waals surface area contributed by atoms with E-state index in [-0.39, 0.29) is 24.8 Å². The highest BCUT2D eigenvalue weighted by Gasteiger charge is 2.28. The monoisotopic (exact) mass is 254 g/mol. The molecule has 0 aromatic carbocycles. The van der Waals surface area contributed by atoms with E-state index in [4.69, 9.17) is 19.9 Å². The average molecular weight is 254 g/mol. The van der Waals surface area contributed by atoms with Gasteiger partial charge in [-0.1, -0.05) is 6.08 Å². The molecule has 1 unspecified atom stereocenters. The molecule has 2 aliphatic rings. The zero-order valence-electron chi connectivity index (χ0n) is 10.3. The van der Waals surface area contributed by atoms with Crippen LogP contribution in [0.4, 0.5) is 0 Å². The minimum Gasteiger partial charge on any atom is -0.492 e. The minimum absolute atomic E-state index is 0.0678. The largest absolute Gasteiger partial charge is 0.492 e. The third kappa shape index (κ3) is 3.24. The molecule has 1 fully saturated rings. The van der Waals surface area contributed by atoms with Crippen molar-refractivity contribution in [1.29, 1.82) is 0 Å². The van der Waals surface area contributed by atoms with Crippen LogP contribution in [0.3, 0.4) is 0 Å². The van der Waals surface area contributed by atoms with Crippen LogP contribution in [0.1, 0.15) is 13.3 Å². The van der Waals surface area contributed by atoms with Gasteiger partial charge in [-0.15, -0.1) is 0 Å². The van der Waals surface area contributed by atoms with Crippen molar-refractivity contribution in [2.24, 2.45) is 5.73 Å². The Balaban J connectivity index is 1.79. The summed E-state index contributed by atoms with van der Waals surface area (Å²) in [6.45, 7) is 2.40. The smallest absolute Gasteiger partial charge is 0.332 e. The molecule has 0 saturated carbocycles. The van der Waals surface area contributed by atoms with E-state index in [1.165, 1.54) is 0 Å². The van der Waals surface area contributed by atoms with Crippen molar-refractivity contribution in [3.05, 3.63) is 23.6 Å². The molecule has 1 aliphatic heterocycles. The van der Waals surface area contributed by atoms with Crippen LogP contribution >= 0.6 is 0 Å². The molecule has 6 heteroatoms. The molecule has 3 N–H and O–H groups in total. The van der Waals surface area contributed by atoms with Crippen molar-refractivity contribution < 1.29 is 19.0 Å². The van der Waals surface area contributed by atoms with Gasteiger partial charge in [-0.25, -0.2) is 4.79 Å². The molecular formula is C12H18N2O4. The Hall–Kier alpha value is -1.53. The van der Waals surface area contributed by atoms with Crippen molar-refractivity contribution in [3.8, 4) is 0 Å². The number of carbonyl (C=O) groups excluding carboxylic acids is 1. The standard InChI is InChI=1S/C12H18N2O4/c1-2-16-12(15)7-18-11-6-17-10-5-8(13)3-4-9(10)14-11/h3,5,9,11,14H,2,4,6-7,13H2,1H3/t9?,11-/m0/s1. The summed E-state index contributed by atoms with van der Waals surface area (Å²) in [6, 6.07) is 0.0678. The van der Waals surface area contributed by atoms with Crippen molar-refractivity contribution in [2.45, 2.75) is 25.6 Å². The summed E-state index contributed by atoms with van der Waals surface area (Å²) in [4.78, 5) is 11.2. The lowest BCUT2D eigenvalue weighted by Crippen LogP contribution is -2.50. The van der Waals surface area contributed by atoms with Gasteiger partial charge in [0, 0.05) is 11.8 Å². The maximum absolute atomic E-state index is 11.2. The summed E-state index contributed by atoms with van der Waals surface area (Å²) in [6.07, 6.45) is 4.20. The van der Waals surface area contributed by atoms with Gasteiger partial charge in [0.2, 0.25) is 0 Å². The van der Waals surface area contributed by atoms with Gasteiger partial charge in [-0.2, -0.15) is 0 Å². The van der Waals surface area contributed by atoms with Gasteiger partial charge < -0.3 is 19.9 Å². The number of hydrogen-bond acceptors (Lipinski definition) is 6. The van der Waals surface area contributed by atoms with Crippen molar-refractivity contribution >= 4 is 5.97 Å². The van der Waals surface area contributed by atoms with Crippen molar-refractivity contribution in [3.63, 3.8) is 0 Å². The van der Waals surface area contributed by atoms with Gasteiger partial charge in [0.05, 0.1) is 12.6 Å². The highest BCUT2D eigenvalue weighted by molar-refractivity contribution is 5.70. The lowest BCUT2D eigenvalue weighted by atomic mass is 10.0. The molecule has 1 heterocycles. The normalized spacial score (nSPS) is 26.5. The van der Waals surface area contributed by atoms with Crippen LogP contribution in [0.2, 0.25) is 0 Å². The predicted octanol–water partition coefficient (Wildman–Crippen LogP) is 0.0108. The molecule has 100 valence electrons. The Morgan fingerprint density at radius 1 is 1.67 bits per heavy atom. The summed E-state index contributed by atoms with van der Waals surface area (Å²) < 4.78 is 15.7. The number of rotatable bonds is 4. The molecule has 0 bridgehead atoms. The second-order valence-electron chi connectivity index (χ2n) is 4.12. The molecule has 0 aromatic rings. The van der Waals surface area contributed by atoms with E-state index in [2.05, 4.69) is 5.32 Å². The first-order valence-corrected chi connectivity index (χ1v) is 6.02. The fourth-order valence-electron chi connectivity index (χ4n) is 1.90. The molecular weight excluding hydrogens is 236 g/mol. The van der Waals surface area contributed by atoms with Crippen molar-refractivity contribution in [1.82, 2.24) is 5.32 Å². The highest BCUT2D eigenvalue weighted by Crippen LogP contribution is 2.21. The van der Waals surface area contributed by atoms with Crippen LogP contribution in [0.25, 0.3) is 0 Å². The lowest BCUT2D eigenvalue weighted by Gasteiger charge is -2.34. The second-order valence-corrected chi connectivity index (χ2v) is 4.12. The van der Waals surface area contributed by atoms with Gasteiger partial charge in [0.1, 0.15) is 25.2 Å². The van der Waals surface area contributed by atoms with Crippen LogP contribution in [0, 0.1) is 0 Å². The summed E-state index contributed by atoms with van der Waals surface area (Å²) >= 11 is 0. The van der Waals surface area contributed by atoms with Gasteiger partial charge >= 0.3 is 5.97 Å². The number of morpholine rings is 1. The zero-order valence-corrected chi connectivity index (χ0v) is 10.3. The zero-order chi connectivity index (χ0) is 13.0. The van der Waals surface area contributed by atoms with E-state index in [1.807, 2.05) is 12.2 Å². The van der Waals surface area contributed by atoms with Crippen LogP contribution in [-0.2, 0) is 19.0 Å². The van der Waals surface area contributed by atoms with E-state index in [0.717, 1.165) is 12.2 Å². The van der Waals surface area contributed by atoms with Gasteiger partial charge in [0.15, 0.2) is 0 Å². The SMILES string of the molecule is CCOC(=O)CO[C@H]1COC2=CC(N)=CCC2N1. The molecule has 1 aliphatic carbocycles. The summed E-state index contributed by atoms with van der Waals surface area (Å²) in [5.41, 5.74) is 6.41. The average Bonchev–Trinajstić information content (AvgIpc) is 2.36. The molecule has 18 heavy (non-hydrogen) atoms.